The van der Waals surface area contributed by atoms with Crippen LogP contribution in [0.4, 0.5) is 0 Å². The van der Waals surface area contributed by atoms with Crippen molar-refractivity contribution in [2.75, 3.05) is 6.61 Å². The Morgan fingerprint density at radius 2 is 2.00 bits per heavy atom. The van der Waals surface area contributed by atoms with Crippen molar-refractivity contribution < 1.29 is 5.11 Å². The molecule has 0 aliphatic heterocycles. The fraction of sp³-hybridized carbons (Fsp3) is 1.00. The Balaban J connectivity index is 0. The molecule has 0 heterocycles. The van der Waals surface area contributed by atoms with Crippen LogP contribution in [0.2, 0.25) is 0 Å². The molecule has 1 atom stereocenters. The Morgan fingerprint density at radius 1 is 1.83 bits per heavy atom. The summed E-state index contributed by atoms with van der Waals surface area (Å²) in [5.74, 6) is 0. The van der Waals surface area contributed by atoms with Crippen LogP contribution in [0.1, 0.15) is 6.92 Å². The normalized spacial score (nSPS) is 12.5. The number of aliphatic hydroxyl groups is 1. The summed E-state index contributed by atoms with van der Waals surface area (Å²) in [6, 6.07) is 0. The van der Waals surface area contributed by atoms with Crippen molar-refractivity contribution in [2.24, 2.45) is 0 Å². The van der Waals surface area contributed by atoms with Gasteiger partial charge in [-0.3, -0.25) is 0 Å². The Kier molecular flexibility index (Phi) is 9.56. The highest BCUT2D eigenvalue weighted by molar-refractivity contribution is 6.20. The van der Waals surface area contributed by atoms with E-state index in [2.05, 4.69) is 0 Å². The van der Waals surface area contributed by atoms with E-state index in [1.165, 1.54) is 0 Å². The molecular weight excluding hydrogens is 114 g/mol. The van der Waals surface area contributed by atoms with Gasteiger partial charge in [0.25, 0.3) is 0 Å². The molecule has 0 fully saturated rings. The van der Waals surface area contributed by atoms with Crippen LogP contribution in [0.25, 0.3) is 0 Å². The van der Waals surface area contributed by atoms with E-state index in [0.29, 0.717) is 0 Å². The zero-order valence-electron chi connectivity index (χ0n) is 3.69. The lowest BCUT2D eigenvalue weighted by Gasteiger charge is -1.87. The van der Waals surface area contributed by atoms with E-state index in [1.54, 1.807) is 6.92 Å². The van der Waals surface area contributed by atoms with Crippen LogP contribution in [0.3, 0.4) is 0 Å². The van der Waals surface area contributed by atoms with E-state index in [1.807, 2.05) is 0 Å². The first-order valence-electron chi connectivity index (χ1n) is 1.52. The lowest BCUT2D eigenvalue weighted by Crippen LogP contribution is -1.94. The van der Waals surface area contributed by atoms with Crippen LogP contribution in [0.15, 0.2) is 0 Å². The summed E-state index contributed by atoms with van der Waals surface area (Å²) in [5, 5.41) is 7.92. The van der Waals surface area contributed by atoms with Crippen molar-refractivity contribution in [1.82, 2.24) is 0 Å². The van der Waals surface area contributed by atoms with Crippen molar-refractivity contribution in [1.29, 1.82) is 0 Å². The molecule has 6 heavy (non-hydrogen) atoms. The maximum atomic E-state index is 8.01. The quantitative estimate of drug-likeness (QED) is 0.389. The first-order chi connectivity index (χ1) is 2.27. The third-order valence-electron chi connectivity index (χ3n) is 0.252. The van der Waals surface area contributed by atoms with E-state index in [4.69, 9.17) is 16.7 Å². The predicted molar refractivity (Wildman–Crippen MR) is 28.2 cm³/mol. The van der Waals surface area contributed by atoms with E-state index < -0.39 is 0 Å². The molecule has 0 aliphatic rings. The second-order valence-corrected chi connectivity index (χ2v) is 1.71. The minimum Gasteiger partial charge on any atom is -0.395 e. The zero-order chi connectivity index (χ0) is 4.28. The van der Waals surface area contributed by atoms with Crippen LogP contribution >= 0.6 is 11.6 Å². The maximum absolute atomic E-state index is 8.01. The molecule has 0 saturated carbocycles. The molecule has 0 spiro atoms. The summed E-state index contributed by atoms with van der Waals surface area (Å²) in [5.41, 5.74) is 0. The van der Waals surface area contributed by atoms with Gasteiger partial charge in [0, 0.05) is 17.4 Å². The topological polar surface area (TPSA) is 20.2 Å². The van der Waals surface area contributed by atoms with E-state index in [9.17, 15) is 0 Å². The van der Waals surface area contributed by atoms with Crippen LogP contribution in [-0.2, 0) is 0 Å². The van der Waals surface area contributed by atoms with Gasteiger partial charge in [-0.15, -0.1) is 11.6 Å². The molecule has 1 N–H and O–H groups in total. The summed E-state index contributed by atoms with van der Waals surface area (Å²) >= 11 is 5.21. The Morgan fingerprint density at radius 3 is 2.00 bits per heavy atom. The summed E-state index contributed by atoms with van der Waals surface area (Å²) < 4.78 is 0. The number of hydrogen-bond donors (Lipinski definition) is 1. The van der Waals surface area contributed by atoms with Gasteiger partial charge in [-0.05, 0) is 6.92 Å². The SMILES string of the molecule is CC(Cl)CO.[Al]. The average Bonchev–Trinajstić information content (AvgIpc) is 1.38. The summed E-state index contributed by atoms with van der Waals surface area (Å²) in [6.07, 6.45) is 0. The molecule has 0 amide bonds. The zero-order valence-corrected chi connectivity index (χ0v) is 5.60. The number of rotatable bonds is 1. The molecule has 0 aromatic rings. The second-order valence-electron chi connectivity index (χ2n) is 0.963. The highest BCUT2D eigenvalue weighted by Crippen LogP contribution is 1.86. The lowest BCUT2D eigenvalue weighted by molar-refractivity contribution is 0.298. The van der Waals surface area contributed by atoms with Crippen molar-refractivity contribution in [3.8, 4) is 0 Å². The molecule has 3 radical (unpaired) electrons. The number of alkyl halides is 1. The Labute approximate surface area is 53.4 Å². The number of halogens is 1. The van der Waals surface area contributed by atoms with Gasteiger partial charge in [-0.25, -0.2) is 0 Å². The van der Waals surface area contributed by atoms with Gasteiger partial charge >= 0.3 is 0 Å². The van der Waals surface area contributed by atoms with Crippen molar-refractivity contribution in [3.05, 3.63) is 0 Å². The Hall–Kier alpha value is 0.782. The lowest BCUT2D eigenvalue weighted by atomic mass is 10.5. The minimum absolute atomic E-state index is 0. The molecule has 0 bridgehead atoms. The number of aliphatic hydroxyl groups excluding tert-OH is 1. The number of hydrogen-bond acceptors (Lipinski definition) is 1. The highest BCUT2D eigenvalue weighted by atomic mass is 35.5. The third kappa shape index (κ3) is 8.84. The molecule has 0 saturated heterocycles. The van der Waals surface area contributed by atoms with Gasteiger partial charge in [0.15, 0.2) is 0 Å². The predicted octanol–water partition coefficient (Wildman–Crippen LogP) is 0.225. The Bertz CT molecular complexity index is 24.8. The first-order valence-corrected chi connectivity index (χ1v) is 1.96. The van der Waals surface area contributed by atoms with Gasteiger partial charge in [0.1, 0.15) is 0 Å². The van der Waals surface area contributed by atoms with Crippen molar-refractivity contribution in [3.63, 3.8) is 0 Å². The molecule has 3 heteroatoms. The molecular formula is C3H7AlClO. The largest absolute Gasteiger partial charge is 0.395 e. The van der Waals surface area contributed by atoms with Crippen molar-refractivity contribution in [2.45, 2.75) is 12.3 Å². The van der Waals surface area contributed by atoms with Gasteiger partial charge in [-0.1, -0.05) is 0 Å². The average molecular weight is 122 g/mol. The molecule has 1 nitrogen and oxygen atoms in total. The summed E-state index contributed by atoms with van der Waals surface area (Å²) in [6.45, 7) is 1.81. The van der Waals surface area contributed by atoms with Crippen molar-refractivity contribution >= 4 is 29.0 Å². The second kappa shape index (κ2) is 5.78. The molecule has 0 rings (SSSR count). The van der Waals surface area contributed by atoms with Crippen LogP contribution < -0.4 is 0 Å². The fourth-order valence-corrected chi connectivity index (χ4v) is 0. The molecule has 1 unspecified atom stereocenters. The minimum atomic E-state index is -0.0880. The van der Waals surface area contributed by atoms with Gasteiger partial charge < -0.3 is 5.11 Å². The van der Waals surface area contributed by atoms with E-state index in [-0.39, 0.29) is 29.3 Å². The molecule has 0 aromatic carbocycles. The van der Waals surface area contributed by atoms with Gasteiger partial charge in [0.2, 0.25) is 0 Å². The van der Waals surface area contributed by atoms with E-state index >= 15 is 0 Å². The standard InChI is InChI=1S/C3H7ClO.Al/c1-3(4)2-5;/h3,5H,2H2,1H3;. The first kappa shape index (κ1) is 9.92. The highest BCUT2D eigenvalue weighted by Gasteiger charge is 1.84. The molecule has 35 valence electrons. The van der Waals surface area contributed by atoms with Crippen LogP contribution in [-0.4, -0.2) is 34.5 Å². The van der Waals surface area contributed by atoms with Gasteiger partial charge in [0.05, 0.1) is 12.0 Å². The van der Waals surface area contributed by atoms with Crippen LogP contribution in [0, 0.1) is 0 Å². The summed E-state index contributed by atoms with van der Waals surface area (Å²) in [7, 11) is 0. The smallest absolute Gasteiger partial charge is 0.0592 e. The third-order valence-corrected chi connectivity index (χ3v) is 0.390. The molecule has 0 aromatic heterocycles. The maximum Gasteiger partial charge on any atom is 0.0592 e. The monoisotopic (exact) mass is 121 g/mol. The van der Waals surface area contributed by atoms with Gasteiger partial charge in [-0.2, -0.15) is 0 Å². The molecule has 0 aliphatic carbocycles. The fourth-order valence-electron chi connectivity index (χ4n) is 0. The van der Waals surface area contributed by atoms with Crippen LogP contribution in [0.5, 0.6) is 0 Å². The van der Waals surface area contributed by atoms with E-state index in [0.717, 1.165) is 0 Å². The summed E-state index contributed by atoms with van der Waals surface area (Å²) in [4.78, 5) is 0.